The molecule has 45 heavy (non-hydrogen) atoms. The van der Waals surface area contributed by atoms with Crippen LogP contribution in [0.25, 0.3) is 0 Å². The number of rotatable bonds is 3. The van der Waals surface area contributed by atoms with Crippen LogP contribution in [-0.2, 0) is 21.7 Å². The molecule has 3 heteroatoms. The van der Waals surface area contributed by atoms with Gasteiger partial charge in [-0.05, 0) is 6.07 Å². The fraction of sp³-hybridized carbons (Fsp3) is 0.429. The Morgan fingerprint density at radius 3 is 1.07 bits per heavy atom. The molecular formula is C42H57O2P. The fourth-order valence-corrected chi connectivity index (χ4v) is 10.4. The molecule has 2 nitrogen and oxygen atoms in total. The summed E-state index contributed by atoms with van der Waals surface area (Å²) >= 11 is 0. The van der Waals surface area contributed by atoms with Crippen molar-refractivity contribution in [2.24, 2.45) is 0 Å². The van der Waals surface area contributed by atoms with Crippen LogP contribution in [0.4, 0.5) is 0 Å². The minimum atomic E-state index is -4.96. The molecule has 0 aliphatic carbocycles. The van der Waals surface area contributed by atoms with E-state index >= 15 is 0 Å². The minimum absolute atomic E-state index is 0.0762. The topological polar surface area (TPSA) is 40.5 Å². The first kappa shape index (κ1) is 36.7. The van der Waals surface area contributed by atoms with E-state index in [1.165, 1.54) is 11.1 Å². The summed E-state index contributed by atoms with van der Waals surface area (Å²) < 4.78 is 0. The van der Waals surface area contributed by atoms with Crippen LogP contribution in [-0.4, -0.2) is 9.79 Å². The van der Waals surface area contributed by atoms with Crippen molar-refractivity contribution in [1.82, 2.24) is 0 Å². The fourth-order valence-electron chi connectivity index (χ4n) is 6.31. The van der Waals surface area contributed by atoms with Gasteiger partial charge >= 0.3 is 239 Å². The molecule has 0 unspecified atom stereocenters. The number of aryl methyl sites for hydroxylation is 2. The second kappa shape index (κ2) is 12.4. The van der Waals surface area contributed by atoms with E-state index in [-0.39, 0.29) is 21.7 Å². The molecule has 242 valence electrons. The molecule has 0 aromatic heterocycles. The Morgan fingerprint density at radius 2 is 0.800 bits per heavy atom. The van der Waals surface area contributed by atoms with Crippen molar-refractivity contribution in [3.8, 4) is 0 Å². The molecule has 0 atom stereocenters. The molecule has 0 spiro atoms. The number of hydrogen-bond donors (Lipinski definition) is 2. The summed E-state index contributed by atoms with van der Waals surface area (Å²) in [6.07, 6.45) is 0. The molecular weight excluding hydrogens is 567 g/mol. The maximum Gasteiger partial charge on any atom is -0.0184 e. The van der Waals surface area contributed by atoms with Crippen molar-refractivity contribution in [1.29, 1.82) is 0 Å². The largest absolute Gasteiger partial charge is 0.0622 e. The zero-order valence-corrected chi connectivity index (χ0v) is 31.2. The van der Waals surface area contributed by atoms with Gasteiger partial charge in [-0.2, -0.15) is 0 Å². The molecule has 4 rings (SSSR count). The van der Waals surface area contributed by atoms with Gasteiger partial charge in [-0.3, -0.25) is 0 Å². The second-order valence-electron chi connectivity index (χ2n) is 16.7. The van der Waals surface area contributed by atoms with Crippen molar-refractivity contribution in [3.63, 3.8) is 0 Å². The molecule has 2 N–H and O–H groups in total. The molecule has 0 amide bonds. The first-order valence-corrected chi connectivity index (χ1v) is 18.3. The Hall–Kier alpha value is -2.77. The van der Waals surface area contributed by atoms with E-state index in [1.807, 2.05) is 42.5 Å². The summed E-state index contributed by atoms with van der Waals surface area (Å²) in [5, 5.41) is 1.82. The standard InChI is InChI=1S/C36H52O2P.C6H5/c1-24-20-31(29(35(9,10)11)22-27(24)33(3,4)5)39(37,38,26-18-16-15-17-19-26)32-21-25(2)28(34(6,7)8)23-30(32)36(12,13)14;1-2-4-6-5-3-1/h16-23,37-38H,1-14H3;1-5H. The smallest absolute Gasteiger partial charge is 0.0184 e. The molecule has 0 heterocycles. The van der Waals surface area contributed by atoms with Gasteiger partial charge in [0.1, 0.15) is 0 Å². The summed E-state index contributed by atoms with van der Waals surface area (Å²) in [4.78, 5) is 27.0. The second-order valence-corrected chi connectivity index (χ2v) is 20.3. The van der Waals surface area contributed by atoms with Crippen LogP contribution in [0.5, 0.6) is 0 Å². The van der Waals surface area contributed by atoms with E-state index in [1.54, 1.807) is 12.1 Å². The van der Waals surface area contributed by atoms with Gasteiger partial charge in [0, 0.05) is 0 Å². The van der Waals surface area contributed by atoms with Gasteiger partial charge in [0.15, 0.2) is 0 Å². The SMILES string of the molecule is Cc1cc(P(O)(O)(c2cc[c]cc2)c2cc(C)c(C(C)(C)C)cc2C(C)(C)C)c(C(C)(C)C)cc1C(C)(C)C.[c]1ccccc1. The monoisotopic (exact) mass is 624 g/mol. The zero-order valence-electron chi connectivity index (χ0n) is 30.3. The summed E-state index contributed by atoms with van der Waals surface area (Å²) in [7, 11) is -4.96. The quantitative estimate of drug-likeness (QED) is 0.223. The third-order valence-electron chi connectivity index (χ3n) is 8.63. The van der Waals surface area contributed by atoms with Gasteiger partial charge in [-0.15, -0.1) is 0 Å². The molecule has 0 aliphatic heterocycles. The average molecular weight is 625 g/mol. The van der Waals surface area contributed by atoms with Crippen molar-refractivity contribution in [2.75, 3.05) is 0 Å². The van der Waals surface area contributed by atoms with Crippen LogP contribution in [0.15, 0.2) is 78.9 Å². The van der Waals surface area contributed by atoms with Gasteiger partial charge in [0.25, 0.3) is 0 Å². The molecule has 0 saturated carbocycles. The molecule has 0 aliphatic rings. The van der Waals surface area contributed by atoms with Gasteiger partial charge in [-0.25, -0.2) is 0 Å². The van der Waals surface area contributed by atoms with E-state index in [9.17, 15) is 9.79 Å². The van der Waals surface area contributed by atoms with Crippen LogP contribution in [0.3, 0.4) is 0 Å². The van der Waals surface area contributed by atoms with E-state index < -0.39 is 7.06 Å². The van der Waals surface area contributed by atoms with Crippen LogP contribution in [0, 0.1) is 26.0 Å². The summed E-state index contributed by atoms with van der Waals surface area (Å²) in [6.45, 7) is 30.5. The molecule has 4 aromatic carbocycles. The Morgan fingerprint density at radius 1 is 0.467 bits per heavy atom. The molecule has 2 radical (unpaired) electrons. The minimum Gasteiger partial charge on any atom is -0.0622 e. The van der Waals surface area contributed by atoms with E-state index in [4.69, 9.17) is 0 Å². The average Bonchev–Trinajstić information content (AvgIpc) is 2.92. The van der Waals surface area contributed by atoms with Gasteiger partial charge < -0.3 is 0 Å². The van der Waals surface area contributed by atoms with Gasteiger partial charge in [0.2, 0.25) is 0 Å². The molecule has 0 saturated heterocycles. The van der Waals surface area contributed by atoms with Crippen LogP contribution < -0.4 is 15.9 Å². The Bertz CT molecular complexity index is 1490. The van der Waals surface area contributed by atoms with Crippen molar-refractivity contribution >= 4 is 23.0 Å². The van der Waals surface area contributed by atoms with Crippen molar-refractivity contribution in [2.45, 2.75) is 119 Å². The van der Waals surface area contributed by atoms with Crippen LogP contribution >= 0.6 is 7.06 Å². The van der Waals surface area contributed by atoms with Crippen LogP contribution in [0.2, 0.25) is 0 Å². The van der Waals surface area contributed by atoms with Gasteiger partial charge in [-0.1, -0.05) is 30.3 Å². The Kier molecular flexibility index (Phi) is 10.1. The first-order chi connectivity index (χ1) is 20.4. The molecule has 0 bridgehead atoms. The zero-order chi connectivity index (χ0) is 34.2. The summed E-state index contributed by atoms with van der Waals surface area (Å²) in [6, 6.07) is 31.5. The van der Waals surface area contributed by atoms with Gasteiger partial charge in [0.05, 0.1) is 0 Å². The first-order valence-electron chi connectivity index (χ1n) is 16.1. The predicted molar refractivity (Wildman–Crippen MR) is 198 cm³/mol. The normalized spacial score (nSPS) is 13.8. The van der Waals surface area contributed by atoms with Crippen LogP contribution in [0.1, 0.15) is 116 Å². The maximum atomic E-state index is 13.5. The Labute approximate surface area is 275 Å². The third kappa shape index (κ3) is 7.62. The van der Waals surface area contributed by atoms with E-state index in [0.717, 1.165) is 22.3 Å². The molecule has 0 fully saturated rings. The number of benzene rings is 4. The third-order valence-corrected chi connectivity index (χ3v) is 12.5. The maximum absolute atomic E-state index is 13.5. The van der Waals surface area contributed by atoms with Crippen molar-refractivity contribution < 1.29 is 9.79 Å². The summed E-state index contributed by atoms with van der Waals surface area (Å²) in [5.41, 5.74) is 5.77. The molecule has 4 aromatic rings. The summed E-state index contributed by atoms with van der Waals surface area (Å²) in [5.74, 6) is 0. The van der Waals surface area contributed by atoms with E-state index in [2.05, 4.69) is 133 Å². The Balaban J connectivity index is 0.000000821. The predicted octanol–water partition coefficient (Wildman–Crippen LogP) is 9.42. The van der Waals surface area contributed by atoms with E-state index in [0.29, 0.717) is 15.9 Å². The number of hydrogen-bond acceptors (Lipinski definition) is 2. The van der Waals surface area contributed by atoms with Crippen molar-refractivity contribution in [3.05, 3.63) is 124 Å².